The summed E-state index contributed by atoms with van der Waals surface area (Å²) in [5, 5.41) is 12.1. The molecule has 6 aliphatic carbocycles. The number of hydrogen-bond acceptors (Lipinski definition) is 5. The normalized spacial score (nSPS) is 36.0. The fraction of sp³-hybridized carbons (Fsp3) is 0.815. The SMILES string of the molecule is CN(C)c1nc(N[C@H]2CC[C@@H](NC(=S)NC34CC5CC(CC(C5)C3)C4)CC2)nc2c1CCCC2. The molecule has 6 nitrogen and oxygen atoms in total. The molecular weight excluding hydrogens is 440 g/mol. The number of fused-ring (bicyclic) bond motifs is 1. The van der Waals surface area contributed by atoms with Crippen molar-refractivity contribution >= 4 is 29.1 Å². The Labute approximate surface area is 210 Å². The molecule has 1 aromatic rings. The second-order valence-electron chi connectivity index (χ2n) is 12.4. The number of aromatic nitrogens is 2. The average molecular weight is 483 g/mol. The summed E-state index contributed by atoms with van der Waals surface area (Å²) >= 11 is 5.84. The van der Waals surface area contributed by atoms with E-state index in [9.17, 15) is 0 Å². The molecule has 0 atom stereocenters. The van der Waals surface area contributed by atoms with Crippen LogP contribution in [0.4, 0.5) is 11.8 Å². The van der Waals surface area contributed by atoms with Crippen LogP contribution in [0, 0.1) is 17.8 Å². The van der Waals surface area contributed by atoms with Crippen molar-refractivity contribution in [2.24, 2.45) is 17.8 Å². The molecule has 0 aliphatic heterocycles. The zero-order chi connectivity index (χ0) is 23.3. The Balaban J connectivity index is 1.01. The van der Waals surface area contributed by atoms with Crippen LogP contribution >= 0.6 is 12.2 Å². The molecule has 7 heteroatoms. The number of aryl methyl sites for hydroxylation is 1. The maximum atomic E-state index is 5.84. The highest BCUT2D eigenvalue weighted by Gasteiger charge is 2.51. The minimum atomic E-state index is 0.297. The van der Waals surface area contributed by atoms with Crippen LogP contribution in [0.1, 0.15) is 88.3 Å². The van der Waals surface area contributed by atoms with Gasteiger partial charge in [0.2, 0.25) is 5.95 Å². The first-order chi connectivity index (χ1) is 16.4. The molecule has 0 spiro atoms. The lowest BCUT2D eigenvalue weighted by molar-refractivity contribution is -0.0102. The van der Waals surface area contributed by atoms with Crippen molar-refractivity contribution in [3.63, 3.8) is 0 Å². The number of hydrogen-bond donors (Lipinski definition) is 3. The molecule has 34 heavy (non-hydrogen) atoms. The number of thiocarbonyl (C=S) groups is 1. The topological polar surface area (TPSA) is 65.1 Å². The molecule has 1 aromatic heterocycles. The summed E-state index contributed by atoms with van der Waals surface area (Å²) in [4.78, 5) is 12.0. The minimum Gasteiger partial charge on any atom is -0.362 e. The Kier molecular flexibility index (Phi) is 6.11. The summed E-state index contributed by atoms with van der Waals surface area (Å²) in [6, 6.07) is 0.924. The van der Waals surface area contributed by atoms with Gasteiger partial charge in [-0.3, -0.25) is 0 Å². The van der Waals surface area contributed by atoms with Gasteiger partial charge in [-0.2, -0.15) is 4.98 Å². The zero-order valence-electron chi connectivity index (χ0n) is 21.0. The average Bonchev–Trinajstić information content (AvgIpc) is 2.78. The zero-order valence-corrected chi connectivity index (χ0v) is 21.9. The molecule has 0 radical (unpaired) electrons. The van der Waals surface area contributed by atoms with E-state index < -0.39 is 0 Å². The third-order valence-corrected chi connectivity index (χ3v) is 9.62. The van der Waals surface area contributed by atoms with Gasteiger partial charge < -0.3 is 20.9 Å². The summed E-state index contributed by atoms with van der Waals surface area (Å²) in [5.74, 6) is 4.76. The molecule has 0 unspecified atom stereocenters. The van der Waals surface area contributed by atoms with Crippen LogP contribution < -0.4 is 20.9 Å². The third kappa shape index (κ3) is 4.61. The number of nitrogens with zero attached hydrogens (tertiary/aromatic N) is 3. The van der Waals surface area contributed by atoms with E-state index in [2.05, 4.69) is 34.9 Å². The second-order valence-corrected chi connectivity index (χ2v) is 12.8. The monoisotopic (exact) mass is 482 g/mol. The van der Waals surface area contributed by atoms with Crippen LogP contribution in [0.3, 0.4) is 0 Å². The molecule has 186 valence electrons. The summed E-state index contributed by atoms with van der Waals surface area (Å²) in [7, 11) is 4.19. The first-order valence-electron chi connectivity index (χ1n) is 13.9. The maximum Gasteiger partial charge on any atom is 0.225 e. The Morgan fingerprint density at radius 2 is 1.50 bits per heavy atom. The van der Waals surface area contributed by atoms with Gasteiger partial charge in [-0.1, -0.05) is 0 Å². The van der Waals surface area contributed by atoms with Gasteiger partial charge in [0.05, 0.1) is 5.69 Å². The maximum absolute atomic E-state index is 5.84. The van der Waals surface area contributed by atoms with E-state index in [1.165, 1.54) is 62.6 Å². The fourth-order valence-electron chi connectivity index (χ4n) is 8.30. The van der Waals surface area contributed by atoms with Crippen LogP contribution in [0.5, 0.6) is 0 Å². The van der Waals surface area contributed by atoms with Crippen molar-refractivity contribution in [1.29, 1.82) is 0 Å². The molecule has 4 bridgehead atoms. The van der Waals surface area contributed by atoms with Crippen molar-refractivity contribution in [3.05, 3.63) is 11.3 Å². The molecular formula is C27H42N6S. The number of nitrogens with one attached hydrogen (secondary N) is 3. The van der Waals surface area contributed by atoms with Crippen LogP contribution in [0.15, 0.2) is 0 Å². The first kappa shape index (κ1) is 22.8. The van der Waals surface area contributed by atoms with Crippen molar-refractivity contribution < 1.29 is 0 Å². The molecule has 6 aliphatic rings. The Hall–Kier alpha value is -1.63. The molecule has 1 heterocycles. The van der Waals surface area contributed by atoms with Crippen molar-refractivity contribution in [2.75, 3.05) is 24.3 Å². The summed E-state index contributed by atoms with van der Waals surface area (Å²) in [6.07, 6.45) is 17.7. The highest BCUT2D eigenvalue weighted by atomic mass is 32.1. The highest BCUT2D eigenvalue weighted by Crippen LogP contribution is 2.55. The molecule has 0 aromatic carbocycles. The van der Waals surface area contributed by atoms with E-state index in [1.807, 2.05) is 0 Å². The van der Waals surface area contributed by atoms with Crippen LogP contribution in [0.25, 0.3) is 0 Å². The quantitative estimate of drug-likeness (QED) is 0.531. The lowest BCUT2D eigenvalue weighted by atomic mass is 9.53. The van der Waals surface area contributed by atoms with Crippen LogP contribution in [-0.4, -0.2) is 46.8 Å². The van der Waals surface area contributed by atoms with Crippen molar-refractivity contribution in [1.82, 2.24) is 20.6 Å². The molecule has 5 saturated carbocycles. The van der Waals surface area contributed by atoms with E-state index in [-0.39, 0.29) is 0 Å². The predicted molar refractivity (Wildman–Crippen MR) is 142 cm³/mol. The molecule has 0 saturated heterocycles. The summed E-state index contributed by atoms with van der Waals surface area (Å²) in [5.41, 5.74) is 2.91. The summed E-state index contributed by atoms with van der Waals surface area (Å²) < 4.78 is 0. The van der Waals surface area contributed by atoms with Gasteiger partial charge in [0, 0.05) is 37.3 Å². The lowest BCUT2D eigenvalue weighted by Gasteiger charge is -2.57. The van der Waals surface area contributed by atoms with Crippen LogP contribution in [0.2, 0.25) is 0 Å². The minimum absolute atomic E-state index is 0.297. The molecule has 5 fully saturated rings. The third-order valence-electron chi connectivity index (χ3n) is 9.40. The molecule has 3 N–H and O–H groups in total. The van der Waals surface area contributed by atoms with Gasteiger partial charge in [-0.15, -0.1) is 0 Å². The fourth-order valence-corrected chi connectivity index (χ4v) is 8.68. The van der Waals surface area contributed by atoms with E-state index in [1.54, 1.807) is 0 Å². The van der Waals surface area contributed by atoms with Gasteiger partial charge in [0.25, 0.3) is 0 Å². The second kappa shape index (κ2) is 9.11. The Morgan fingerprint density at radius 1 is 0.882 bits per heavy atom. The van der Waals surface area contributed by atoms with E-state index in [0.717, 1.165) is 73.2 Å². The largest absolute Gasteiger partial charge is 0.362 e. The number of rotatable bonds is 5. The van der Waals surface area contributed by atoms with Gasteiger partial charge in [-0.25, -0.2) is 4.98 Å². The standard InChI is InChI=1S/C27H42N6S/c1-33(2)24-22-5-3-4-6-23(22)30-25(31-24)28-20-7-9-21(10-8-20)29-26(34)32-27-14-17-11-18(15-27)13-19(12-17)16-27/h17-21H,3-16H2,1-2H3,(H,28,30,31)(H2,29,32,34)/t17?,18?,19?,20-,21+,27?. The molecule has 0 amide bonds. The number of anilines is 2. The van der Waals surface area contributed by atoms with Gasteiger partial charge in [0.15, 0.2) is 5.11 Å². The van der Waals surface area contributed by atoms with Gasteiger partial charge in [0.1, 0.15) is 5.82 Å². The smallest absolute Gasteiger partial charge is 0.225 e. The first-order valence-corrected chi connectivity index (χ1v) is 14.3. The molecule has 7 rings (SSSR count). The Morgan fingerprint density at radius 3 is 2.15 bits per heavy atom. The van der Waals surface area contributed by atoms with E-state index in [4.69, 9.17) is 22.2 Å². The van der Waals surface area contributed by atoms with E-state index in [0.29, 0.717) is 17.6 Å². The van der Waals surface area contributed by atoms with Gasteiger partial charge >= 0.3 is 0 Å². The van der Waals surface area contributed by atoms with Crippen molar-refractivity contribution in [2.45, 2.75) is 108 Å². The predicted octanol–water partition coefficient (Wildman–Crippen LogP) is 4.58. The lowest BCUT2D eigenvalue weighted by Crippen LogP contribution is -2.62. The van der Waals surface area contributed by atoms with Gasteiger partial charge in [-0.05, 0) is 120 Å². The van der Waals surface area contributed by atoms with E-state index >= 15 is 0 Å². The van der Waals surface area contributed by atoms with Crippen LogP contribution in [-0.2, 0) is 12.8 Å². The highest BCUT2D eigenvalue weighted by molar-refractivity contribution is 7.80. The van der Waals surface area contributed by atoms with Crippen molar-refractivity contribution in [3.8, 4) is 0 Å². The summed E-state index contributed by atoms with van der Waals surface area (Å²) in [6.45, 7) is 0. The Bertz CT molecular complexity index is 887.